The van der Waals surface area contributed by atoms with Gasteiger partial charge in [-0.3, -0.25) is 4.79 Å². The summed E-state index contributed by atoms with van der Waals surface area (Å²) in [7, 11) is -3.64. The Morgan fingerprint density at radius 1 is 1.13 bits per heavy atom. The predicted molar refractivity (Wildman–Crippen MR) is 80.7 cm³/mol. The number of benzene rings is 1. The van der Waals surface area contributed by atoms with Crippen molar-refractivity contribution in [3.8, 4) is 0 Å². The molecular weight excluding hydrogens is 323 g/mol. The van der Waals surface area contributed by atoms with E-state index in [1.54, 1.807) is 4.90 Å². The molecule has 2 heterocycles. The second kappa shape index (κ2) is 6.54. The van der Waals surface area contributed by atoms with Gasteiger partial charge in [0.05, 0.1) is 17.4 Å². The van der Waals surface area contributed by atoms with Gasteiger partial charge in [-0.15, -0.1) is 0 Å². The molecule has 0 radical (unpaired) electrons. The van der Waals surface area contributed by atoms with Crippen LogP contribution in [0.1, 0.15) is 6.42 Å². The molecular formula is C15H19FN2O4S. The second-order valence-corrected chi connectivity index (χ2v) is 7.68. The highest BCUT2D eigenvalue weighted by molar-refractivity contribution is 7.89. The molecule has 1 amide bonds. The Balaban J connectivity index is 1.64. The van der Waals surface area contributed by atoms with Crippen molar-refractivity contribution in [2.24, 2.45) is 5.92 Å². The molecule has 0 aliphatic carbocycles. The molecule has 23 heavy (non-hydrogen) atoms. The van der Waals surface area contributed by atoms with E-state index in [9.17, 15) is 17.6 Å². The van der Waals surface area contributed by atoms with Gasteiger partial charge in [0, 0.05) is 32.8 Å². The maximum absolute atomic E-state index is 12.9. The number of carbonyl (C=O) groups is 1. The van der Waals surface area contributed by atoms with Crippen LogP contribution in [-0.2, 0) is 19.6 Å². The summed E-state index contributed by atoms with van der Waals surface area (Å²) in [6.07, 6.45) is 0.729. The van der Waals surface area contributed by atoms with Crippen LogP contribution < -0.4 is 0 Å². The van der Waals surface area contributed by atoms with Gasteiger partial charge in [-0.05, 0) is 30.7 Å². The lowest BCUT2D eigenvalue weighted by molar-refractivity contribution is -0.136. The molecule has 1 atom stereocenters. The van der Waals surface area contributed by atoms with E-state index in [4.69, 9.17) is 4.74 Å². The first-order chi connectivity index (χ1) is 11.0. The third-order valence-electron chi connectivity index (χ3n) is 4.28. The van der Waals surface area contributed by atoms with Crippen LogP contribution in [0.5, 0.6) is 0 Å². The predicted octanol–water partition coefficient (Wildman–Crippen LogP) is 0.695. The number of amides is 1. The Morgan fingerprint density at radius 2 is 1.78 bits per heavy atom. The second-order valence-electron chi connectivity index (χ2n) is 5.74. The van der Waals surface area contributed by atoms with Crippen LogP contribution >= 0.6 is 0 Å². The Kier molecular flexibility index (Phi) is 4.65. The molecule has 0 N–H and O–H groups in total. The standard InChI is InChI=1S/C15H19FN2O4S/c16-13-1-3-14(4-2-13)23(20,21)18-8-6-17(7-9-18)15(19)12-5-10-22-11-12/h1-4,12H,5-11H2. The fourth-order valence-electron chi connectivity index (χ4n) is 2.89. The fourth-order valence-corrected chi connectivity index (χ4v) is 4.31. The number of rotatable bonds is 3. The number of halogens is 1. The molecule has 0 saturated carbocycles. The topological polar surface area (TPSA) is 66.9 Å². The highest BCUT2D eigenvalue weighted by atomic mass is 32.2. The average molecular weight is 342 g/mol. The molecule has 2 aliphatic heterocycles. The summed E-state index contributed by atoms with van der Waals surface area (Å²) in [4.78, 5) is 14.1. The van der Waals surface area contributed by atoms with Crippen molar-refractivity contribution in [3.05, 3.63) is 30.1 Å². The minimum absolute atomic E-state index is 0.0429. The molecule has 6 nitrogen and oxygen atoms in total. The van der Waals surface area contributed by atoms with Gasteiger partial charge in [0.25, 0.3) is 0 Å². The molecule has 1 aromatic carbocycles. The van der Waals surface area contributed by atoms with Gasteiger partial charge in [0.1, 0.15) is 5.82 Å². The van der Waals surface area contributed by atoms with Crippen LogP contribution in [0.3, 0.4) is 0 Å². The quantitative estimate of drug-likeness (QED) is 0.811. The number of piperazine rings is 1. The number of ether oxygens (including phenoxy) is 1. The summed E-state index contributed by atoms with van der Waals surface area (Å²) in [5, 5.41) is 0. The van der Waals surface area contributed by atoms with E-state index in [2.05, 4.69) is 0 Å². The van der Waals surface area contributed by atoms with Gasteiger partial charge in [0.15, 0.2) is 0 Å². The molecule has 2 aliphatic rings. The smallest absolute Gasteiger partial charge is 0.243 e. The lowest BCUT2D eigenvalue weighted by Gasteiger charge is -2.35. The number of carbonyl (C=O) groups excluding carboxylic acids is 1. The molecule has 1 unspecified atom stereocenters. The zero-order valence-electron chi connectivity index (χ0n) is 12.7. The van der Waals surface area contributed by atoms with E-state index in [1.807, 2.05) is 0 Å². The van der Waals surface area contributed by atoms with Crippen molar-refractivity contribution in [2.75, 3.05) is 39.4 Å². The Labute approximate surface area is 134 Å². The number of nitrogens with zero attached hydrogens (tertiary/aromatic N) is 2. The lowest BCUT2D eigenvalue weighted by atomic mass is 10.1. The molecule has 126 valence electrons. The summed E-state index contributed by atoms with van der Waals surface area (Å²) in [5.41, 5.74) is 0. The highest BCUT2D eigenvalue weighted by Gasteiger charge is 2.33. The van der Waals surface area contributed by atoms with Crippen LogP contribution in [0.25, 0.3) is 0 Å². The molecule has 0 bridgehead atoms. The third-order valence-corrected chi connectivity index (χ3v) is 6.19. The maximum atomic E-state index is 12.9. The maximum Gasteiger partial charge on any atom is 0.243 e. The molecule has 0 aromatic heterocycles. The molecule has 2 fully saturated rings. The van der Waals surface area contributed by atoms with Gasteiger partial charge < -0.3 is 9.64 Å². The normalized spacial score (nSPS) is 23.2. The first-order valence-electron chi connectivity index (χ1n) is 7.61. The Morgan fingerprint density at radius 3 is 2.35 bits per heavy atom. The average Bonchev–Trinajstić information content (AvgIpc) is 3.09. The summed E-state index contributed by atoms with van der Waals surface area (Å²) >= 11 is 0. The number of hydrogen-bond acceptors (Lipinski definition) is 4. The van der Waals surface area contributed by atoms with Gasteiger partial charge in [0.2, 0.25) is 15.9 Å². The highest BCUT2D eigenvalue weighted by Crippen LogP contribution is 2.20. The van der Waals surface area contributed by atoms with Crippen molar-refractivity contribution in [1.82, 2.24) is 9.21 Å². The summed E-state index contributed by atoms with van der Waals surface area (Å²) in [5.74, 6) is -0.533. The van der Waals surface area contributed by atoms with E-state index < -0.39 is 15.8 Å². The SMILES string of the molecule is O=C(C1CCOC1)N1CCN(S(=O)(=O)c2ccc(F)cc2)CC1. The van der Waals surface area contributed by atoms with E-state index >= 15 is 0 Å². The molecule has 0 spiro atoms. The summed E-state index contributed by atoms with van der Waals surface area (Å²) in [6, 6.07) is 4.79. The van der Waals surface area contributed by atoms with Crippen molar-refractivity contribution in [1.29, 1.82) is 0 Å². The fraction of sp³-hybridized carbons (Fsp3) is 0.533. The molecule has 2 saturated heterocycles. The van der Waals surface area contributed by atoms with E-state index in [-0.39, 0.29) is 29.8 Å². The van der Waals surface area contributed by atoms with Crippen molar-refractivity contribution in [2.45, 2.75) is 11.3 Å². The van der Waals surface area contributed by atoms with Crippen molar-refractivity contribution < 1.29 is 22.3 Å². The minimum atomic E-state index is -3.64. The number of hydrogen-bond donors (Lipinski definition) is 0. The monoisotopic (exact) mass is 342 g/mol. The van der Waals surface area contributed by atoms with Gasteiger partial charge >= 0.3 is 0 Å². The van der Waals surface area contributed by atoms with Crippen molar-refractivity contribution >= 4 is 15.9 Å². The lowest BCUT2D eigenvalue weighted by Crippen LogP contribution is -2.51. The largest absolute Gasteiger partial charge is 0.381 e. The third kappa shape index (κ3) is 3.39. The zero-order chi connectivity index (χ0) is 16.4. The zero-order valence-corrected chi connectivity index (χ0v) is 13.5. The summed E-state index contributed by atoms with van der Waals surface area (Å²) in [6.45, 7) is 2.30. The van der Waals surface area contributed by atoms with E-state index in [0.717, 1.165) is 18.6 Å². The van der Waals surface area contributed by atoms with E-state index in [1.165, 1.54) is 16.4 Å². The first-order valence-corrected chi connectivity index (χ1v) is 9.05. The first kappa shape index (κ1) is 16.4. The molecule has 1 aromatic rings. The van der Waals surface area contributed by atoms with Gasteiger partial charge in [-0.1, -0.05) is 0 Å². The van der Waals surface area contributed by atoms with E-state index in [0.29, 0.717) is 26.3 Å². The number of sulfonamides is 1. The van der Waals surface area contributed by atoms with Gasteiger partial charge in [-0.25, -0.2) is 12.8 Å². The minimum Gasteiger partial charge on any atom is -0.381 e. The summed E-state index contributed by atoms with van der Waals surface area (Å²) < 4.78 is 44.5. The van der Waals surface area contributed by atoms with Crippen LogP contribution in [-0.4, -0.2) is 62.9 Å². The Bertz CT molecular complexity index is 663. The Hall–Kier alpha value is -1.51. The molecule has 3 rings (SSSR count). The van der Waals surface area contributed by atoms with Crippen LogP contribution in [0.2, 0.25) is 0 Å². The van der Waals surface area contributed by atoms with Gasteiger partial charge in [-0.2, -0.15) is 4.31 Å². The molecule has 8 heteroatoms. The van der Waals surface area contributed by atoms with Crippen LogP contribution in [0.15, 0.2) is 29.2 Å². The van der Waals surface area contributed by atoms with Crippen LogP contribution in [0.4, 0.5) is 4.39 Å². The van der Waals surface area contributed by atoms with Crippen molar-refractivity contribution in [3.63, 3.8) is 0 Å². The van der Waals surface area contributed by atoms with Crippen LogP contribution in [0, 0.1) is 11.7 Å².